The first-order valence-corrected chi connectivity index (χ1v) is 6.85. The number of hydrogen-bond acceptors (Lipinski definition) is 2. The van der Waals surface area contributed by atoms with E-state index in [1.807, 2.05) is 29.2 Å². The number of nitrogens with one attached hydrogen (secondary N) is 1. The number of H-pyrrole nitrogens is 1. The molecule has 4 nitrogen and oxygen atoms in total. The highest BCUT2D eigenvalue weighted by atomic mass is 16.2. The van der Waals surface area contributed by atoms with Crippen molar-refractivity contribution in [2.45, 2.75) is 19.8 Å². The molecule has 1 atom stereocenters. The number of para-hydroxylation sites is 1. The molecule has 1 aromatic carbocycles. The van der Waals surface area contributed by atoms with Gasteiger partial charge in [-0.3, -0.25) is 4.79 Å². The number of rotatable bonds is 2. The van der Waals surface area contributed by atoms with Crippen molar-refractivity contribution in [3.63, 3.8) is 0 Å². The first kappa shape index (κ1) is 12.1. The molecule has 100 valence electrons. The van der Waals surface area contributed by atoms with Gasteiger partial charge in [0, 0.05) is 18.5 Å². The predicted octanol–water partition coefficient (Wildman–Crippen LogP) is 2.62. The molecular formula is C15H19N3O. The van der Waals surface area contributed by atoms with E-state index in [2.05, 4.69) is 11.9 Å². The number of anilines is 1. The average molecular weight is 257 g/mol. The molecule has 1 unspecified atom stereocenters. The van der Waals surface area contributed by atoms with Gasteiger partial charge in [-0.1, -0.05) is 25.5 Å². The molecule has 0 saturated carbocycles. The van der Waals surface area contributed by atoms with Crippen LogP contribution in [0.5, 0.6) is 0 Å². The summed E-state index contributed by atoms with van der Waals surface area (Å²) in [7, 11) is 0. The maximum absolute atomic E-state index is 12.4. The standard InChI is InChI=1S/C15H19N3O/c1-2-10-6-7-18(9-10)15(19)13-8-11-4-3-5-12(16)14(11)17-13/h3-5,8,10,17H,2,6-7,9,16H2,1H3. The number of aromatic amines is 1. The molecule has 3 N–H and O–H groups in total. The number of benzene rings is 1. The number of amides is 1. The zero-order valence-electron chi connectivity index (χ0n) is 11.1. The van der Waals surface area contributed by atoms with E-state index in [0.717, 1.165) is 36.8 Å². The van der Waals surface area contributed by atoms with Crippen LogP contribution >= 0.6 is 0 Å². The lowest BCUT2D eigenvalue weighted by atomic mass is 10.1. The van der Waals surface area contributed by atoms with Gasteiger partial charge >= 0.3 is 0 Å². The van der Waals surface area contributed by atoms with Gasteiger partial charge in [-0.05, 0) is 24.5 Å². The van der Waals surface area contributed by atoms with Crippen molar-refractivity contribution in [1.29, 1.82) is 0 Å². The molecule has 2 aromatic rings. The highest BCUT2D eigenvalue weighted by Crippen LogP contribution is 2.24. The number of nitrogens with two attached hydrogens (primary N) is 1. The van der Waals surface area contributed by atoms with Gasteiger partial charge in [-0.15, -0.1) is 0 Å². The van der Waals surface area contributed by atoms with Gasteiger partial charge in [0.1, 0.15) is 5.69 Å². The van der Waals surface area contributed by atoms with Crippen LogP contribution in [0.3, 0.4) is 0 Å². The lowest BCUT2D eigenvalue weighted by Crippen LogP contribution is -2.28. The van der Waals surface area contributed by atoms with E-state index >= 15 is 0 Å². The average Bonchev–Trinajstić information content (AvgIpc) is 3.05. The van der Waals surface area contributed by atoms with Crippen LogP contribution in [0.2, 0.25) is 0 Å². The second kappa shape index (κ2) is 4.61. The molecular weight excluding hydrogens is 238 g/mol. The molecule has 0 aliphatic carbocycles. The molecule has 19 heavy (non-hydrogen) atoms. The minimum atomic E-state index is 0.0894. The van der Waals surface area contributed by atoms with Gasteiger partial charge in [0.25, 0.3) is 5.91 Å². The van der Waals surface area contributed by atoms with E-state index in [1.54, 1.807) is 0 Å². The Morgan fingerprint density at radius 2 is 2.37 bits per heavy atom. The Hall–Kier alpha value is -1.97. The second-order valence-electron chi connectivity index (χ2n) is 5.31. The summed E-state index contributed by atoms with van der Waals surface area (Å²) in [4.78, 5) is 17.5. The number of likely N-dealkylation sites (tertiary alicyclic amines) is 1. The van der Waals surface area contributed by atoms with Crippen LogP contribution in [0.1, 0.15) is 30.3 Å². The van der Waals surface area contributed by atoms with Crippen molar-refractivity contribution >= 4 is 22.5 Å². The van der Waals surface area contributed by atoms with Crippen molar-refractivity contribution in [2.24, 2.45) is 5.92 Å². The molecule has 1 fully saturated rings. The molecule has 1 aliphatic heterocycles. The van der Waals surface area contributed by atoms with Gasteiger partial charge in [-0.2, -0.15) is 0 Å². The van der Waals surface area contributed by atoms with E-state index in [1.165, 1.54) is 0 Å². The van der Waals surface area contributed by atoms with Crippen LogP contribution in [0, 0.1) is 5.92 Å². The monoisotopic (exact) mass is 257 g/mol. The van der Waals surface area contributed by atoms with Gasteiger partial charge in [0.2, 0.25) is 0 Å². The number of nitrogens with zero attached hydrogens (tertiary/aromatic N) is 1. The normalized spacial score (nSPS) is 19.2. The molecule has 1 saturated heterocycles. The van der Waals surface area contributed by atoms with Crippen LogP contribution in [-0.2, 0) is 0 Å². The summed E-state index contributed by atoms with van der Waals surface area (Å²) in [5.41, 5.74) is 8.10. The molecule has 0 radical (unpaired) electrons. The van der Waals surface area contributed by atoms with Crippen molar-refractivity contribution in [3.8, 4) is 0 Å². The molecule has 1 aromatic heterocycles. The van der Waals surface area contributed by atoms with Crippen LogP contribution < -0.4 is 5.73 Å². The van der Waals surface area contributed by atoms with E-state index < -0.39 is 0 Å². The lowest BCUT2D eigenvalue weighted by Gasteiger charge is -2.15. The van der Waals surface area contributed by atoms with Crippen molar-refractivity contribution in [2.75, 3.05) is 18.8 Å². The Kier molecular flexibility index (Phi) is 2.93. The first-order valence-electron chi connectivity index (χ1n) is 6.85. The summed E-state index contributed by atoms with van der Waals surface area (Å²) < 4.78 is 0. The summed E-state index contributed by atoms with van der Waals surface area (Å²) in [6.45, 7) is 3.92. The molecule has 0 spiro atoms. The SMILES string of the molecule is CCC1CCN(C(=O)c2cc3cccc(N)c3[nH]2)C1. The number of fused-ring (bicyclic) bond motifs is 1. The number of carbonyl (C=O) groups excluding carboxylic acids is 1. The van der Waals surface area contributed by atoms with Crippen LogP contribution in [0.15, 0.2) is 24.3 Å². The van der Waals surface area contributed by atoms with Crippen LogP contribution in [0.25, 0.3) is 10.9 Å². The Morgan fingerprint density at radius 3 is 3.05 bits per heavy atom. The van der Waals surface area contributed by atoms with Gasteiger partial charge in [-0.25, -0.2) is 0 Å². The molecule has 3 rings (SSSR count). The van der Waals surface area contributed by atoms with E-state index in [-0.39, 0.29) is 5.91 Å². The van der Waals surface area contributed by atoms with Crippen molar-refractivity contribution in [3.05, 3.63) is 30.0 Å². The number of aromatic nitrogens is 1. The summed E-state index contributed by atoms with van der Waals surface area (Å²) in [6, 6.07) is 7.61. The van der Waals surface area contributed by atoms with E-state index in [9.17, 15) is 4.79 Å². The molecule has 1 aliphatic rings. The fourth-order valence-electron chi connectivity index (χ4n) is 2.82. The van der Waals surface area contributed by atoms with Crippen LogP contribution in [0.4, 0.5) is 5.69 Å². The van der Waals surface area contributed by atoms with Gasteiger partial charge < -0.3 is 15.6 Å². The quantitative estimate of drug-likeness (QED) is 0.812. The highest BCUT2D eigenvalue weighted by molar-refractivity contribution is 6.00. The third-order valence-corrected chi connectivity index (χ3v) is 4.07. The Bertz CT molecular complexity index is 617. The fourth-order valence-corrected chi connectivity index (χ4v) is 2.82. The second-order valence-corrected chi connectivity index (χ2v) is 5.31. The Balaban J connectivity index is 1.88. The van der Waals surface area contributed by atoms with Crippen molar-refractivity contribution < 1.29 is 4.79 Å². The number of hydrogen-bond donors (Lipinski definition) is 2. The summed E-state index contributed by atoms with van der Waals surface area (Å²) >= 11 is 0. The summed E-state index contributed by atoms with van der Waals surface area (Å²) in [5.74, 6) is 0.741. The maximum Gasteiger partial charge on any atom is 0.270 e. The van der Waals surface area contributed by atoms with Gasteiger partial charge in [0.15, 0.2) is 0 Å². The Morgan fingerprint density at radius 1 is 1.53 bits per heavy atom. The fraction of sp³-hybridized carbons (Fsp3) is 0.400. The number of nitrogen functional groups attached to an aromatic ring is 1. The molecule has 1 amide bonds. The topological polar surface area (TPSA) is 62.1 Å². The van der Waals surface area contributed by atoms with Crippen molar-refractivity contribution in [1.82, 2.24) is 9.88 Å². The lowest BCUT2D eigenvalue weighted by molar-refractivity contribution is 0.0782. The van der Waals surface area contributed by atoms with E-state index in [4.69, 9.17) is 5.73 Å². The summed E-state index contributed by atoms with van der Waals surface area (Å²) in [5, 5.41) is 0.995. The molecule has 4 heteroatoms. The third-order valence-electron chi connectivity index (χ3n) is 4.07. The zero-order chi connectivity index (χ0) is 13.4. The molecule has 2 heterocycles. The smallest absolute Gasteiger partial charge is 0.270 e. The van der Waals surface area contributed by atoms with Crippen LogP contribution in [-0.4, -0.2) is 28.9 Å². The first-order chi connectivity index (χ1) is 9.19. The maximum atomic E-state index is 12.4. The summed E-state index contributed by atoms with van der Waals surface area (Å²) in [6.07, 6.45) is 2.26. The third kappa shape index (κ3) is 2.07. The minimum Gasteiger partial charge on any atom is -0.397 e. The minimum absolute atomic E-state index is 0.0894. The van der Waals surface area contributed by atoms with E-state index in [0.29, 0.717) is 17.3 Å². The largest absolute Gasteiger partial charge is 0.397 e. The number of carbonyl (C=O) groups is 1. The van der Waals surface area contributed by atoms with Gasteiger partial charge in [0.05, 0.1) is 11.2 Å². The highest BCUT2D eigenvalue weighted by Gasteiger charge is 2.26. The zero-order valence-corrected chi connectivity index (χ0v) is 11.1. The Labute approximate surface area is 112 Å². The predicted molar refractivity (Wildman–Crippen MR) is 77.0 cm³/mol. The molecule has 0 bridgehead atoms.